The van der Waals surface area contributed by atoms with E-state index in [1.165, 1.54) is 6.07 Å². The van der Waals surface area contributed by atoms with Crippen molar-refractivity contribution in [3.63, 3.8) is 0 Å². The summed E-state index contributed by atoms with van der Waals surface area (Å²) in [5.41, 5.74) is 0.377. The van der Waals surface area contributed by atoms with Crippen LogP contribution in [0, 0.1) is 0 Å². The zero-order valence-corrected chi connectivity index (χ0v) is 14.2. The minimum atomic E-state index is -1.24. The first kappa shape index (κ1) is 19.6. The fourth-order valence-corrected chi connectivity index (χ4v) is 1.93. The lowest BCUT2D eigenvalue weighted by molar-refractivity contribution is -0.139. The Labute approximate surface area is 146 Å². The molecule has 0 spiro atoms. The number of esters is 2. The highest BCUT2D eigenvalue weighted by atomic mass is 79.9. The van der Waals surface area contributed by atoms with Crippen LogP contribution >= 0.6 is 15.9 Å². The predicted octanol–water partition coefficient (Wildman–Crippen LogP) is 2.52. The SMILES string of the molecule is O=Cc1cc(OC(=O)CCCCOC(=O)/C=C/C(=O)O)ccc1Br. The quantitative estimate of drug-likeness (QED) is 0.224. The van der Waals surface area contributed by atoms with E-state index in [9.17, 15) is 19.2 Å². The number of aliphatic carboxylic acids is 1. The summed E-state index contributed by atoms with van der Waals surface area (Å²) in [7, 11) is 0. The number of rotatable bonds is 9. The minimum Gasteiger partial charge on any atom is -0.478 e. The van der Waals surface area contributed by atoms with Gasteiger partial charge in [-0.25, -0.2) is 9.59 Å². The van der Waals surface area contributed by atoms with Crippen molar-refractivity contribution in [2.45, 2.75) is 19.3 Å². The lowest BCUT2D eigenvalue weighted by atomic mass is 10.2. The van der Waals surface area contributed by atoms with Gasteiger partial charge in [0.1, 0.15) is 5.75 Å². The van der Waals surface area contributed by atoms with Gasteiger partial charge in [-0.1, -0.05) is 15.9 Å². The molecule has 1 aromatic rings. The van der Waals surface area contributed by atoms with E-state index in [1.54, 1.807) is 12.1 Å². The Bertz CT molecular complexity index is 652. The minimum absolute atomic E-state index is 0.0731. The van der Waals surface area contributed by atoms with E-state index in [0.29, 0.717) is 35.2 Å². The Morgan fingerprint density at radius 2 is 1.92 bits per heavy atom. The smallest absolute Gasteiger partial charge is 0.331 e. The average molecular weight is 399 g/mol. The molecule has 7 nitrogen and oxygen atoms in total. The van der Waals surface area contributed by atoms with Crippen LogP contribution in [-0.4, -0.2) is 35.9 Å². The number of hydrogen-bond acceptors (Lipinski definition) is 6. The molecule has 0 saturated heterocycles. The van der Waals surface area contributed by atoms with Crippen molar-refractivity contribution in [2.24, 2.45) is 0 Å². The number of aldehydes is 1. The fraction of sp³-hybridized carbons (Fsp3) is 0.250. The molecular formula is C16H15BrO7. The number of halogens is 1. The molecule has 0 bridgehead atoms. The molecule has 0 heterocycles. The second-order valence-corrected chi connectivity index (χ2v) is 5.43. The van der Waals surface area contributed by atoms with Crippen molar-refractivity contribution >= 4 is 40.1 Å². The maximum Gasteiger partial charge on any atom is 0.331 e. The van der Waals surface area contributed by atoms with Crippen LogP contribution in [0.15, 0.2) is 34.8 Å². The fourth-order valence-electron chi connectivity index (χ4n) is 1.59. The summed E-state index contributed by atoms with van der Waals surface area (Å²) in [6.45, 7) is 0.0731. The highest BCUT2D eigenvalue weighted by molar-refractivity contribution is 9.10. The number of carboxylic acids is 1. The standard InChI is InChI=1S/C16H15BrO7/c17-13-5-4-12(9-11(13)10-18)24-16(22)3-1-2-8-23-15(21)7-6-14(19)20/h4-7,9-10H,1-3,8H2,(H,19,20)/b7-6+. The Kier molecular flexibility index (Phi) is 8.42. The molecule has 0 aromatic heterocycles. The van der Waals surface area contributed by atoms with Gasteiger partial charge >= 0.3 is 17.9 Å². The van der Waals surface area contributed by atoms with Gasteiger partial charge in [-0.05, 0) is 31.0 Å². The van der Waals surface area contributed by atoms with Crippen LogP contribution in [0.25, 0.3) is 0 Å². The number of benzene rings is 1. The average Bonchev–Trinajstić information content (AvgIpc) is 2.54. The van der Waals surface area contributed by atoms with E-state index in [4.69, 9.17) is 14.6 Å². The first-order valence-electron chi connectivity index (χ1n) is 6.95. The normalized spacial score (nSPS) is 10.4. The highest BCUT2D eigenvalue weighted by Gasteiger charge is 2.07. The van der Waals surface area contributed by atoms with Gasteiger partial charge in [0.2, 0.25) is 0 Å². The Morgan fingerprint density at radius 1 is 1.17 bits per heavy atom. The monoisotopic (exact) mass is 398 g/mol. The van der Waals surface area contributed by atoms with Gasteiger partial charge in [-0.2, -0.15) is 0 Å². The van der Waals surface area contributed by atoms with Gasteiger partial charge in [0.25, 0.3) is 0 Å². The summed E-state index contributed by atoms with van der Waals surface area (Å²) in [6, 6.07) is 4.62. The van der Waals surface area contributed by atoms with Crippen LogP contribution in [0.2, 0.25) is 0 Å². The van der Waals surface area contributed by atoms with Gasteiger partial charge in [-0.3, -0.25) is 9.59 Å². The molecule has 1 rings (SSSR count). The van der Waals surface area contributed by atoms with Crippen LogP contribution in [0.5, 0.6) is 5.75 Å². The summed E-state index contributed by atoms with van der Waals surface area (Å²) >= 11 is 3.20. The molecule has 1 aromatic carbocycles. The van der Waals surface area contributed by atoms with Gasteiger partial charge in [0.05, 0.1) is 6.61 Å². The topological polar surface area (TPSA) is 107 Å². The summed E-state index contributed by atoms with van der Waals surface area (Å²) in [5.74, 6) is -2.18. The van der Waals surface area contributed by atoms with Crippen LogP contribution in [0.3, 0.4) is 0 Å². The number of carbonyl (C=O) groups excluding carboxylic acids is 3. The van der Waals surface area contributed by atoms with Crippen LogP contribution in [0.4, 0.5) is 0 Å². The lowest BCUT2D eigenvalue weighted by Crippen LogP contribution is -2.09. The molecule has 0 radical (unpaired) electrons. The van der Waals surface area contributed by atoms with E-state index in [-0.39, 0.29) is 18.8 Å². The zero-order valence-electron chi connectivity index (χ0n) is 12.6. The third-order valence-electron chi connectivity index (χ3n) is 2.71. The molecule has 0 aliphatic heterocycles. The number of ether oxygens (including phenoxy) is 2. The molecule has 0 amide bonds. The molecule has 0 saturated carbocycles. The summed E-state index contributed by atoms with van der Waals surface area (Å²) in [6.07, 6.45) is 3.14. The summed E-state index contributed by atoms with van der Waals surface area (Å²) < 4.78 is 10.5. The molecular weight excluding hydrogens is 384 g/mol. The van der Waals surface area contributed by atoms with E-state index in [1.807, 2.05) is 0 Å². The van der Waals surface area contributed by atoms with E-state index in [0.717, 1.165) is 6.08 Å². The van der Waals surface area contributed by atoms with Crippen LogP contribution in [-0.2, 0) is 19.1 Å². The highest BCUT2D eigenvalue weighted by Crippen LogP contribution is 2.21. The first-order valence-corrected chi connectivity index (χ1v) is 7.75. The van der Waals surface area contributed by atoms with Crippen molar-refractivity contribution in [3.05, 3.63) is 40.4 Å². The Morgan fingerprint density at radius 3 is 2.58 bits per heavy atom. The number of carboxylic acid groups (broad SMARTS) is 1. The van der Waals surface area contributed by atoms with E-state index in [2.05, 4.69) is 15.9 Å². The molecule has 128 valence electrons. The molecule has 1 N–H and O–H groups in total. The molecule has 0 aliphatic carbocycles. The third kappa shape index (κ3) is 7.68. The molecule has 0 fully saturated rings. The molecule has 0 aliphatic rings. The Hall–Kier alpha value is -2.48. The summed E-state index contributed by atoms with van der Waals surface area (Å²) in [4.78, 5) is 43.7. The zero-order chi connectivity index (χ0) is 17.9. The lowest BCUT2D eigenvalue weighted by Gasteiger charge is -2.06. The molecule has 0 unspecified atom stereocenters. The van der Waals surface area contributed by atoms with Crippen molar-refractivity contribution in [1.82, 2.24) is 0 Å². The maximum absolute atomic E-state index is 11.7. The molecule has 8 heteroatoms. The second-order valence-electron chi connectivity index (χ2n) is 4.57. The van der Waals surface area contributed by atoms with Crippen molar-refractivity contribution < 1.29 is 33.8 Å². The first-order chi connectivity index (χ1) is 11.4. The number of unbranched alkanes of at least 4 members (excludes halogenated alkanes) is 1. The second kappa shape index (κ2) is 10.3. The van der Waals surface area contributed by atoms with Gasteiger partial charge in [0.15, 0.2) is 6.29 Å². The van der Waals surface area contributed by atoms with Gasteiger partial charge < -0.3 is 14.6 Å². The van der Waals surface area contributed by atoms with Crippen molar-refractivity contribution in [3.8, 4) is 5.75 Å². The number of hydrogen-bond donors (Lipinski definition) is 1. The van der Waals surface area contributed by atoms with Crippen molar-refractivity contribution in [2.75, 3.05) is 6.61 Å². The largest absolute Gasteiger partial charge is 0.478 e. The number of carbonyl (C=O) groups is 4. The molecule has 0 atom stereocenters. The predicted molar refractivity (Wildman–Crippen MR) is 86.8 cm³/mol. The van der Waals surface area contributed by atoms with Crippen LogP contribution in [0.1, 0.15) is 29.6 Å². The Balaban J connectivity index is 2.26. The maximum atomic E-state index is 11.7. The van der Waals surface area contributed by atoms with Gasteiger partial charge in [-0.15, -0.1) is 0 Å². The summed E-state index contributed by atoms with van der Waals surface area (Å²) in [5, 5.41) is 8.33. The van der Waals surface area contributed by atoms with Crippen LogP contribution < -0.4 is 4.74 Å². The van der Waals surface area contributed by atoms with E-state index >= 15 is 0 Å². The molecule has 24 heavy (non-hydrogen) atoms. The van der Waals surface area contributed by atoms with E-state index < -0.39 is 17.9 Å². The van der Waals surface area contributed by atoms with Gasteiger partial charge in [0, 0.05) is 28.6 Å². The van der Waals surface area contributed by atoms with Crippen molar-refractivity contribution in [1.29, 1.82) is 0 Å². The third-order valence-corrected chi connectivity index (χ3v) is 3.43.